The first kappa shape index (κ1) is 22.9. The zero-order valence-corrected chi connectivity index (χ0v) is 20.2. The zero-order chi connectivity index (χ0) is 23.3. The van der Waals surface area contributed by atoms with Gasteiger partial charge in [-0.3, -0.25) is 19.9 Å². The molecule has 5 rings (SSSR count). The van der Waals surface area contributed by atoms with E-state index >= 15 is 0 Å². The second-order valence-corrected chi connectivity index (χ2v) is 10.4. The number of carbonyl (C=O) groups excluding carboxylic acids is 2. The molecule has 7 nitrogen and oxygen atoms in total. The third-order valence-corrected chi connectivity index (χ3v) is 7.73. The molecule has 2 fully saturated rings. The van der Waals surface area contributed by atoms with Crippen LogP contribution >= 0.6 is 23.1 Å². The largest absolute Gasteiger partial charge is 0.310 e. The predicted octanol–water partition coefficient (Wildman–Crippen LogP) is 4.82. The number of imide groups is 1. The van der Waals surface area contributed by atoms with Gasteiger partial charge >= 0.3 is 0 Å². The number of amides is 2. The molecule has 1 aliphatic carbocycles. The molecule has 174 valence electrons. The molecule has 2 aliphatic rings. The molecular formula is C25H25N5O2S2. The number of rotatable bonds is 7. The van der Waals surface area contributed by atoms with Gasteiger partial charge in [0, 0.05) is 42.3 Å². The van der Waals surface area contributed by atoms with E-state index in [1.54, 1.807) is 29.7 Å². The first-order chi connectivity index (χ1) is 16.6. The third kappa shape index (κ3) is 5.60. The van der Waals surface area contributed by atoms with Gasteiger partial charge in [0.05, 0.1) is 16.3 Å². The fourth-order valence-corrected chi connectivity index (χ4v) is 5.78. The molecule has 2 N–H and O–H groups in total. The number of aromatic nitrogens is 3. The van der Waals surface area contributed by atoms with Gasteiger partial charge in [-0.15, -0.1) is 0 Å². The molecule has 2 amide bonds. The van der Waals surface area contributed by atoms with Gasteiger partial charge < -0.3 is 5.32 Å². The number of nitrogens with zero attached hydrogens (tertiary/aromatic N) is 3. The number of thioether (sulfide) groups is 1. The summed E-state index contributed by atoms with van der Waals surface area (Å²) in [5.41, 5.74) is 4.14. The van der Waals surface area contributed by atoms with Crippen LogP contribution in [0.5, 0.6) is 0 Å². The lowest BCUT2D eigenvalue weighted by molar-refractivity contribution is -0.115. The Morgan fingerprint density at radius 2 is 1.97 bits per heavy atom. The van der Waals surface area contributed by atoms with Crippen molar-refractivity contribution in [3.8, 4) is 11.3 Å². The van der Waals surface area contributed by atoms with Crippen LogP contribution in [0.15, 0.2) is 52.3 Å². The fraction of sp³-hybridized carbons (Fsp3) is 0.320. The van der Waals surface area contributed by atoms with Crippen molar-refractivity contribution in [1.82, 2.24) is 25.6 Å². The highest BCUT2D eigenvalue weighted by atomic mass is 32.2. The van der Waals surface area contributed by atoms with Crippen molar-refractivity contribution in [3.05, 3.63) is 69.4 Å². The van der Waals surface area contributed by atoms with Crippen LogP contribution in [-0.2, 0) is 17.8 Å². The first-order valence-corrected chi connectivity index (χ1v) is 13.2. The number of hydrogen-bond acceptors (Lipinski definition) is 8. The van der Waals surface area contributed by atoms with Crippen molar-refractivity contribution in [2.45, 2.75) is 44.7 Å². The monoisotopic (exact) mass is 491 g/mol. The number of nitrogens with one attached hydrogen (secondary N) is 2. The molecule has 3 aromatic heterocycles. The molecule has 1 aliphatic heterocycles. The molecule has 0 unspecified atom stereocenters. The molecule has 0 spiro atoms. The van der Waals surface area contributed by atoms with Crippen molar-refractivity contribution in [1.29, 1.82) is 0 Å². The summed E-state index contributed by atoms with van der Waals surface area (Å²) in [7, 11) is 0. The van der Waals surface area contributed by atoms with Crippen LogP contribution in [0.25, 0.3) is 17.3 Å². The topological polar surface area (TPSA) is 96.9 Å². The minimum atomic E-state index is -0.366. The maximum atomic E-state index is 11.8. The van der Waals surface area contributed by atoms with E-state index < -0.39 is 0 Å². The van der Waals surface area contributed by atoms with Crippen LogP contribution < -0.4 is 10.6 Å². The Labute approximate surface area is 206 Å². The highest BCUT2D eigenvalue weighted by molar-refractivity contribution is 8.18. The minimum Gasteiger partial charge on any atom is -0.310 e. The van der Waals surface area contributed by atoms with E-state index in [2.05, 4.69) is 48.5 Å². The molecule has 34 heavy (non-hydrogen) atoms. The summed E-state index contributed by atoms with van der Waals surface area (Å²) in [6.07, 6.45) is 10.6. The van der Waals surface area contributed by atoms with Crippen molar-refractivity contribution in [2.75, 3.05) is 0 Å². The third-order valence-electron chi connectivity index (χ3n) is 6.23. The molecule has 0 atom stereocenters. The van der Waals surface area contributed by atoms with Gasteiger partial charge in [0.1, 0.15) is 5.82 Å². The summed E-state index contributed by atoms with van der Waals surface area (Å²) in [6, 6.07) is 8.54. The van der Waals surface area contributed by atoms with Gasteiger partial charge in [-0.1, -0.05) is 6.07 Å². The van der Waals surface area contributed by atoms with Gasteiger partial charge in [-0.05, 0) is 78.6 Å². The molecular weight excluding hydrogens is 466 g/mol. The summed E-state index contributed by atoms with van der Waals surface area (Å²) in [5, 5.41) is 9.89. The van der Waals surface area contributed by atoms with Crippen molar-refractivity contribution in [2.24, 2.45) is 5.92 Å². The van der Waals surface area contributed by atoms with Gasteiger partial charge in [0.25, 0.3) is 11.1 Å². The van der Waals surface area contributed by atoms with Gasteiger partial charge in [0.15, 0.2) is 0 Å². The van der Waals surface area contributed by atoms with E-state index in [0.717, 1.165) is 61.9 Å². The maximum absolute atomic E-state index is 11.8. The molecule has 0 radical (unpaired) electrons. The van der Waals surface area contributed by atoms with Gasteiger partial charge in [-0.2, -0.15) is 11.3 Å². The normalized spacial score (nSPS) is 21.7. The summed E-state index contributed by atoms with van der Waals surface area (Å²) in [4.78, 5) is 37.1. The smallest absolute Gasteiger partial charge is 0.290 e. The Balaban J connectivity index is 1.13. The minimum absolute atomic E-state index is 0.345. The van der Waals surface area contributed by atoms with E-state index in [1.165, 1.54) is 11.1 Å². The van der Waals surface area contributed by atoms with Crippen molar-refractivity contribution < 1.29 is 9.59 Å². The Morgan fingerprint density at radius 1 is 1.09 bits per heavy atom. The summed E-state index contributed by atoms with van der Waals surface area (Å²) >= 11 is 2.60. The van der Waals surface area contributed by atoms with E-state index in [4.69, 9.17) is 0 Å². The van der Waals surface area contributed by atoms with Crippen LogP contribution in [0.2, 0.25) is 0 Å². The Hall–Kier alpha value is -2.88. The average Bonchev–Trinajstić information content (AvgIpc) is 3.49. The second-order valence-electron chi connectivity index (χ2n) is 8.58. The number of carbonyl (C=O) groups is 2. The van der Waals surface area contributed by atoms with Crippen molar-refractivity contribution in [3.63, 3.8) is 0 Å². The van der Waals surface area contributed by atoms with Gasteiger partial charge in [0.2, 0.25) is 0 Å². The molecule has 1 saturated heterocycles. The quantitative estimate of drug-likeness (QED) is 0.458. The molecule has 9 heteroatoms. The Morgan fingerprint density at radius 3 is 2.74 bits per heavy atom. The lowest BCUT2D eigenvalue weighted by Gasteiger charge is -2.29. The lowest BCUT2D eigenvalue weighted by atomic mass is 9.84. The number of thiophene rings is 1. The maximum Gasteiger partial charge on any atom is 0.290 e. The van der Waals surface area contributed by atoms with Crippen LogP contribution in [0, 0.1) is 5.92 Å². The second kappa shape index (κ2) is 10.6. The Kier molecular flexibility index (Phi) is 7.13. The van der Waals surface area contributed by atoms with Crippen LogP contribution in [0.4, 0.5) is 4.79 Å². The SMILES string of the molecule is O=C1NC(=O)/C(=C/c2ccnc(CC3CCC(NCc4cccnc4-c4ccsc4)CC3)n2)S1. The van der Waals surface area contributed by atoms with Crippen LogP contribution in [-0.4, -0.2) is 32.1 Å². The van der Waals surface area contributed by atoms with Crippen LogP contribution in [0.1, 0.15) is 42.8 Å². The van der Waals surface area contributed by atoms with E-state index in [-0.39, 0.29) is 11.1 Å². The Bertz CT molecular complexity index is 1200. The molecule has 4 heterocycles. The standard InChI is InChI=1S/C25H25N5O2S2/c31-24-21(34-25(32)30-24)13-20-7-10-26-22(29-20)12-16-3-5-19(6-4-16)28-14-17-2-1-9-27-23(17)18-8-11-33-15-18/h1-2,7-11,13,15-16,19,28H,3-6,12,14H2,(H,30,31,32)/b21-13-. The molecule has 0 aromatic carbocycles. The number of pyridine rings is 1. The van der Waals surface area contributed by atoms with E-state index in [0.29, 0.717) is 22.6 Å². The average molecular weight is 492 g/mol. The van der Waals surface area contributed by atoms with E-state index in [1.807, 2.05) is 12.3 Å². The molecule has 3 aromatic rings. The predicted molar refractivity (Wildman–Crippen MR) is 135 cm³/mol. The van der Waals surface area contributed by atoms with Gasteiger partial charge in [-0.25, -0.2) is 9.97 Å². The van der Waals surface area contributed by atoms with Crippen molar-refractivity contribution >= 4 is 40.3 Å². The zero-order valence-electron chi connectivity index (χ0n) is 18.6. The summed E-state index contributed by atoms with van der Waals surface area (Å²) in [6.45, 7) is 0.822. The van der Waals surface area contributed by atoms with Crippen LogP contribution in [0.3, 0.4) is 0 Å². The van der Waals surface area contributed by atoms with E-state index in [9.17, 15) is 9.59 Å². The highest BCUT2D eigenvalue weighted by Crippen LogP contribution is 2.29. The first-order valence-electron chi connectivity index (χ1n) is 11.4. The summed E-state index contributed by atoms with van der Waals surface area (Å²) < 4.78 is 0. The summed E-state index contributed by atoms with van der Waals surface area (Å²) in [5.74, 6) is 0.970. The number of hydrogen-bond donors (Lipinski definition) is 2. The molecule has 1 saturated carbocycles. The fourth-order valence-electron chi connectivity index (χ4n) is 4.47. The lowest BCUT2D eigenvalue weighted by Crippen LogP contribution is -2.33. The highest BCUT2D eigenvalue weighted by Gasteiger charge is 2.25. The molecule has 0 bridgehead atoms.